The SMILES string of the molecule is CC(N)C(=O)Nc1ccc(Oc2ccc3c(c2)CCC(c2ccccc2)O3)nc1. The van der Waals surface area contributed by atoms with Crippen molar-refractivity contribution in [2.24, 2.45) is 5.73 Å². The summed E-state index contributed by atoms with van der Waals surface area (Å²) in [5.74, 6) is 1.77. The summed E-state index contributed by atoms with van der Waals surface area (Å²) in [7, 11) is 0. The van der Waals surface area contributed by atoms with Gasteiger partial charge in [-0.05, 0) is 55.2 Å². The van der Waals surface area contributed by atoms with Crippen molar-refractivity contribution in [3.05, 3.63) is 78.0 Å². The summed E-state index contributed by atoms with van der Waals surface area (Å²) in [5.41, 5.74) is 8.43. The lowest BCUT2D eigenvalue weighted by Gasteiger charge is -2.26. The molecular formula is C23H23N3O3. The number of benzene rings is 2. The molecule has 29 heavy (non-hydrogen) atoms. The number of nitrogens with two attached hydrogens (primary N) is 1. The highest BCUT2D eigenvalue weighted by Gasteiger charge is 2.21. The Morgan fingerprint density at radius 2 is 2.03 bits per heavy atom. The second-order valence-corrected chi connectivity index (χ2v) is 7.09. The first kappa shape index (κ1) is 19.0. The largest absolute Gasteiger partial charge is 0.485 e. The minimum absolute atomic E-state index is 0.0797. The molecule has 2 aromatic carbocycles. The predicted molar refractivity (Wildman–Crippen MR) is 111 cm³/mol. The van der Waals surface area contributed by atoms with E-state index in [-0.39, 0.29) is 12.0 Å². The number of amides is 1. The van der Waals surface area contributed by atoms with Gasteiger partial charge < -0.3 is 20.5 Å². The topological polar surface area (TPSA) is 86.5 Å². The molecule has 1 aliphatic heterocycles. The number of fused-ring (bicyclic) bond motifs is 1. The van der Waals surface area contributed by atoms with E-state index in [9.17, 15) is 4.79 Å². The van der Waals surface area contributed by atoms with Crippen LogP contribution in [0.15, 0.2) is 66.9 Å². The van der Waals surface area contributed by atoms with E-state index >= 15 is 0 Å². The molecule has 0 aliphatic carbocycles. The first-order valence-corrected chi connectivity index (χ1v) is 9.63. The van der Waals surface area contributed by atoms with E-state index in [1.807, 2.05) is 36.4 Å². The maximum Gasteiger partial charge on any atom is 0.241 e. The van der Waals surface area contributed by atoms with Crippen LogP contribution in [0.3, 0.4) is 0 Å². The zero-order valence-corrected chi connectivity index (χ0v) is 16.2. The van der Waals surface area contributed by atoms with E-state index in [4.69, 9.17) is 15.2 Å². The molecule has 3 N–H and O–H groups in total. The molecule has 6 heteroatoms. The van der Waals surface area contributed by atoms with Crippen LogP contribution in [-0.4, -0.2) is 16.9 Å². The smallest absolute Gasteiger partial charge is 0.241 e. The van der Waals surface area contributed by atoms with Gasteiger partial charge in [-0.25, -0.2) is 4.98 Å². The van der Waals surface area contributed by atoms with Crippen LogP contribution < -0.4 is 20.5 Å². The van der Waals surface area contributed by atoms with Crippen LogP contribution >= 0.6 is 0 Å². The van der Waals surface area contributed by atoms with E-state index in [1.165, 1.54) is 5.56 Å². The molecule has 1 aliphatic rings. The Labute approximate surface area is 169 Å². The van der Waals surface area contributed by atoms with Gasteiger partial charge in [0.05, 0.1) is 17.9 Å². The van der Waals surface area contributed by atoms with Gasteiger partial charge in [0.2, 0.25) is 11.8 Å². The van der Waals surface area contributed by atoms with Crippen molar-refractivity contribution >= 4 is 11.6 Å². The highest BCUT2D eigenvalue weighted by Crippen LogP contribution is 2.37. The number of ether oxygens (including phenoxy) is 2. The molecule has 2 atom stereocenters. The average Bonchev–Trinajstić information content (AvgIpc) is 2.75. The molecule has 0 spiro atoms. The van der Waals surface area contributed by atoms with Crippen LogP contribution in [-0.2, 0) is 11.2 Å². The van der Waals surface area contributed by atoms with Crippen LogP contribution in [0.5, 0.6) is 17.4 Å². The van der Waals surface area contributed by atoms with E-state index in [1.54, 1.807) is 25.3 Å². The molecular weight excluding hydrogens is 366 g/mol. The van der Waals surface area contributed by atoms with Crippen LogP contribution in [0.2, 0.25) is 0 Å². The normalized spacial score (nSPS) is 16.3. The highest BCUT2D eigenvalue weighted by molar-refractivity contribution is 5.94. The van der Waals surface area contributed by atoms with Crippen molar-refractivity contribution in [2.75, 3.05) is 5.32 Å². The highest BCUT2D eigenvalue weighted by atomic mass is 16.5. The lowest BCUT2D eigenvalue weighted by molar-refractivity contribution is -0.117. The second-order valence-electron chi connectivity index (χ2n) is 7.09. The third-order valence-electron chi connectivity index (χ3n) is 4.79. The Bertz CT molecular complexity index is 988. The number of hydrogen-bond acceptors (Lipinski definition) is 5. The standard InChI is InChI=1S/C23H23N3O3/c1-15(24)23(27)26-18-8-12-22(25-14-18)28-19-9-11-21-17(13-19)7-10-20(29-21)16-5-3-2-4-6-16/h2-6,8-9,11-15,20H,7,10,24H2,1H3,(H,26,27). The molecule has 4 rings (SSSR count). The third kappa shape index (κ3) is 4.55. The van der Waals surface area contributed by atoms with E-state index in [0.717, 1.165) is 24.2 Å². The molecule has 0 saturated carbocycles. The summed E-state index contributed by atoms with van der Waals surface area (Å²) < 4.78 is 12.0. The summed E-state index contributed by atoms with van der Waals surface area (Å²) in [5, 5.41) is 2.69. The van der Waals surface area contributed by atoms with Crippen LogP contribution in [0, 0.1) is 0 Å². The first-order valence-electron chi connectivity index (χ1n) is 9.63. The number of aromatic nitrogens is 1. The Hall–Kier alpha value is -3.38. The van der Waals surface area contributed by atoms with Gasteiger partial charge in [0.25, 0.3) is 0 Å². The van der Waals surface area contributed by atoms with Crippen molar-refractivity contribution in [3.63, 3.8) is 0 Å². The Morgan fingerprint density at radius 1 is 1.21 bits per heavy atom. The van der Waals surface area contributed by atoms with Gasteiger partial charge in [-0.15, -0.1) is 0 Å². The fourth-order valence-corrected chi connectivity index (χ4v) is 3.22. The van der Waals surface area contributed by atoms with Crippen LogP contribution in [0.1, 0.15) is 30.6 Å². The fraction of sp³-hybridized carbons (Fsp3) is 0.217. The molecule has 148 valence electrons. The van der Waals surface area contributed by atoms with Crippen molar-refractivity contribution in [1.82, 2.24) is 4.98 Å². The number of nitrogens with zero attached hydrogens (tertiary/aromatic N) is 1. The molecule has 0 bridgehead atoms. The van der Waals surface area contributed by atoms with Gasteiger partial charge in [-0.3, -0.25) is 4.79 Å². The summed E-state index contributed by atoms with van der Waals surface area (Å²) in [6.07, 6.45) is 3.46. The Kier molecular flexibility index (Phi) is 5.44. The number of carbonyl (C=O) groups excluding carboxylic acids is 1. The van der Waals surface area contributed by atoms with Crippen molar-refractivity contribution in [2.45, 2.75) is 31.9 Å². The minimum Gasteiger partial charge on any atom is -0.485 e. The lowest BCUT2D eigenvalue weighted by Crippen LogP contribution is -2.32. The number of aryl methyl sites for hydroxylation is 1. The van der Waals surface area contributed by atoms with Crippen LogP contribution in [0.25, 0.3) is 0 Å². The molecule has 3 aromatic rings. The monoisotopic (exact) mass is 389 g/mol. The number of rotatable bonds is 5. The Balaban J connectivity index is 1.42. The first-order chi connectivity index (χ1) is 14.1. The molecule has 1 aromatic heterocycles. The number of nitrogens with one attached hydrogen (secondary N) is 1. The molecule has 6 nitrogen and oxygen atoms in total. The quantitative estimate of drug-likeness (QED) is 0.682. The van der Waals surface area contributed by atoms with Crippen molar-refractivity contribution in [1.29, 1.82) is 0 Å². The van der Waals surface area contributed by atoms with Gasteiger partial charge in [0.15, 0.2) is 0 Å². The number of hydrogen-bond donors (Lipinski definition) is 2. The molecule has 0 fully saturated rings. The van der Waals surface area contributed by atoms with Crippen LogP contribution in [0.4, 0.5) is 5.69 Å². The zero-order valence-electron chi connectivity index (χ0n) is 16.2. The Morgan fingerprint density at radius 3 is 2.76 bits per heavy atom. The van der Waals surface area contributed by atoms with Gasteiger partial charge in [0, 0.05) is 6.07 Å². The molecule has 0 radical (unpaired) electrons. The predicted octanol–water partition coefficient (Wildman–Crippen LogP) is 4.23. The molecule has 2 heterocycles. The summed E-state index contributed by atoms with van der Waals surface area (Å²) in [6.45, 7) is 1.63. The third-order valence-corrected chi connectivity index (χ3v) is 4.79. The summed E-state index contributed by atoms with van der Waals surface area (Å²) in [4.78, 5) is 15.9. The van der Waals surface area contributed by atoms with E-state index in [0.29, 0.717) is 17.3 Å². The lowest BCUT2D eigenvalue weighted by atomic mass is 9.97. The van der Waals surface area contributed by atoms with E-state index < -0.39 is 6.04 Å². The van der Waals surface area contributed by atoms with Gasteiger partial charge in [-0.2, -0.15) is 0 Å². The molecule has 1 amide bonds. The van der Waals surface area contributed by atoms with Gasteiger partial charge in [0.1, 0.15) is 17.6 Å². The number of anilines is 1. The zero-order chi connectivity index (χ0) is 20.2. The van der Waals surface area contributed by atoms with Gasteiger partial charge in [-0.1, -0.05) is 30.3 Å². The molecule has 2 unspecified atom stereocenters. The minimum atomic E-state index is -0.579. The fourth-order valence-electron chi connectivity index (χ4n) is 3.22. The summed E-state index contributed by atoms with van der Waals surface area (Å²) >= 11 is 0. The molecule has 0 saturated heterocycles. The van der Waals surface area contributed by atoms with Gasteiger partial charge >= 0.3 is 0 Å². The number of carbonyl (C=O) groups is 1. The maximum absolute atomic E-state index is 11.6. The second kappa shape index (κ2) is 8.32. The van der Waals surface area contributed by atoms with Crippen molar-refractivity contribution in [3.8, 4) is 17.4 Å². The van der Waals surface area contributed by atoms with E-state index in [2.05, 4.69) is 22.4 Å². The number of pyridine rings is 1. The maximum atomic E-state index is 11.6. The van der Waals surface area contributed by atoms with Crippen molar-refractivity contribution < 1.29 is 14.3 Å². The average molecular weight is 389 g/mol. The summed E-state index contributed by atoms with van der Waals surface area (Å²) in [6, 6.07) is 18.9.